The molecular formula is C20H18S2. The minimum Gasteiger partial charge on any atom is -0.0777 e. The number of thioether (sulfide) groups is 1. The van der Waals surface area contributed by atoms with Crippen molar-refractivity contribution < 1.29 is 0 Å². The van der Waals surface area contributed by atoms with Crippen LogP contribution in [0.2, 0.25) is 0 Å². The van der Waals surface area contributed by atoms with E-state index < -0.39 is 0 Å². The zero-order valence-electron chi connectivity index (χ0n) is 13.0. The first-order chi connectivity index (χ1) is 10.5. The zero-order chi connectivity index (χ0) is 15.7. The van der Waals surface area contributed by atoms with Gasteiger partial charge in [0, 0.05) is 10.5 Å². The van der Waals surface area contributed by atoms with Gasteiger partial charge in [-0.2, -0.15) is 0 Å². The number of thiocarbonyl (C=S) groups is 1. The van der Waals surface area contributed by atoms with Gasteiger partial charge in [0.05, 0.1) is 4.20 Å². The highest BCUT2D eigenvalue weighted by Crippen LogP contribution is 2.30. The smallest absolute Gasteiger partial charge is 0.0777 e. The Morgan fingerprint density at radius 1 is 0.818 bits per heavy atom. The zero-order valence-corrected chi connectivity index (χ0v) is 14.6. The topological polar surface area (TPSA) is 0 Å². The Labute approximate surface area is 141 Å². The molecular weight excluding hydrogens is 304 g/mol. The Balaban J connectivity index is 1.93. The van der Waals surface area contributed by atoms with Crippen LogP contribution in [0.5, 0.6) is 0 Å². The van der Waals surface area contributed by atoms with E-state index in [-0.39, 0.29) is 0 Å². The van der Waals surface area contributed by atoms with Gasteiger partial charge in [0.2, 0.25) is 0 Å². The van der Waals surface area contributed by atoms with Crippen molar-refractivity contribution in [2.45, 2.75) is 25.7 Å². The molecule has 0 nitrogen and oxygen atoms in total. The minimum atomic E-state index is 0.949. The standard InChI is InChI=1S/C20H18S2/c1-13-10-14(2)19(15(3)11-13)20(21)22-18-9-8-16-6-4-5-7-17(16)12-18/h4-12H,1-3H3. The number of hydrogen-bond acceptors (Lipinski definition) is 2. The Bertz CT molecular complexity index is 839. The molecule has 3 aromatic carbocycles. The molecule has 2 heteroatoms. The third-order valence-electron chi connectivity index (χ3n) is 3.81. The van der Waals surface area contributed by atoms with Gasteiger partial charge in [-0.15, -0.1) is 0 Å². The second-order valence-corrected chi connectivity index (χ2v) is 7.42. The molecule has 0 unspecified atom stereocenters. The predicted octanol–water partition coefficient (Wildman–Crippen LogP) is 6.23. The molecule has 0 atom stereocenters. The van der Waals surface area contributed by atoms with E-state index in [2.05, 4.69) is 75.4 Å². The molecule has 0 heterocycles. The lowest BCUT2D eigenvalue weighted by Gasteiger charge is -2.12. The lowest BCUT2D eigenvalue weighted by molar-refractivity contribution is 1.31. The second kappa shape index (κ2) is 6.23. The molecule has 110 valence electrons. The molecule has 0 saturated carbocycles. The Hall–Kier alpha value is -1.64. The highest BCUT2D eigenvalue weighted by molar-refractivity contribution is 8.23. The lowest BCUT2D eigenvalue weighted by Crippen LogP contribution is -2.00. The number of fused-ring (bicyclic) bond motifs is 1. The van der Waals surface area contributed by atoms with Crippen LogP contribution in [0, 0.1) is 20.8 Å². The summed E-state index contributed by atoms with van der Waals surface area (Å²) in [5, 5.41) is 2.52. The molecule has 0 fully saturated rings. The Kier molecular flexibility index (Phi) is 4.32. The van der Waals surface area contributed by atoms with Crippen LogP contribution in [0.4, 0.5) is 0 Å². The molecule has 0 radical (unpaired) electrons. The molecule has 0 N–H and O–H groups in total. The fourth-order valence-electron chi connectivity index (χ4n) is 2.89. The van der Waals surface area contributed by atoms with Crippen LogP contribution in [-0.4, -0.2) is 4.20 Å². The van der Waals surface area contributed by atoms with E-state index in [0.717, 1.165) is 4.20 Å². The first-order valence-corrected chi connectivity index (χ1v) is 8.56. The average Bonchev–Trinajstić information content (AvgIpc) is 2.46. The van der Waals surface area contributed by atoms with Crippen molar-refractivity contribution in [3.8, 4) is 0 Å². The molecule has 0 saturated heterocycles. The molecule has 0 aromatic heterocycles. The van der Waals surface area contributed by atoms with Crippen molar-refractivity contribution in [3.05, 3.63) is 76.9 Å². The van der Waals surface area contributed by atoms with Crippen molar-refractivity contribution in [2.24, 2.45) is 0 Å². The number of hydrogen-bond donors (Lipinski definition) is 0. The quantitative estimate of drug-likeness (QED) is 0.405. The summed E-state index contributed by atoms with van der Waals surface area (Å²) >= 11 is 7.38. The molecule has 0 aliphatic heterocycles. The first-order valence-electron chi connectivity index (χ1n) is 7.33. The molecule has 0 aliphatic carbocycles. The van der Waals surface area contributed by atoms with E-state index in [9.17, 15) is 0 Å². The minimum absolute atomic E-state index is 0.949. The van der Waals surface area contributed by atoms with Gasteiger partial charge >= 0.3 is 0 Å². The normalized spacial score (nSPS) is 10.9. The highest BCUT2D eigenvalue weighted by Gasteiger charge is 2.11. The maximum atomic E-state index is 5.71. The summed E-state index contributed by atoms with van der Waals surface area (Å²) < 4.78 is 0.949. The van der Waals surface area contributed by atoms with E-state index in [1.807, 2.05) is 0 Å². The maximum Gasteiger partial charge on any atom is 0.0831 e. The summed E-state index contributed by atoms with van der Waals surface area (Å²) in [7, 11) is 0. The Morgan fingerprint density at radius 2 is 1.45 bits per heavy atom. The van der Waals surface area contributed by atoms with Crippen LogP contribution in [0.1, 0.15) is 22.3 Å². The fraction of sp³-hybridized carbons (Fsp3) is 0.150. The third kappa shape index (κ3) is 3.08. The molecule has 0 bridgehead atoms. The molecule has 0 amide bonds. The number of aryl methyl sites for hydroxylation is 3. The average molecular weight is 322 g/mol. The van der Waals surface area contributed by atoms with Gasteiger partial charge in [0.1, 0.15) is 0 Å². The van der Waals surface area contributed by atoms with Crippen molar-refractivity contribution in [3.63, 3.8) is 0 Å². The van der Waals surface area contributed by atoms with Gasteiger partial charge in [0.15, 0.2) is 0 Å². The molecule has 3 rings (SSSR count). The summed E-state index contributed by atoms with van der Waals surface area (Å²) in [5.74, 6) is 0. The Morgan fingerprint density at radius 3 is 2.14 bits per heavy atom. The number of benzene rings is 3. The summed E-state index contributed by atoms with van der Waals surface area (Å²) in [6, 6.07) is 19.4. The summed E-state index contributed by atoms with van der Waals surface area (Å²) in [6.45, 7) is 6.41. The van der Waals surface area contributed by atoms with Crippen molar-refractivity contribution in [1.82, 2.24) is 0 Å². The van der Waals surface area contributed by atoms with Gasteiger partial charge in [-0.25, -0.2) is 0 Å². The SMILES string of the molecule is Cc1cc(C)c(C(=S)Sc2ccc3ccccc3c2)c(C)c1. The largest absolute Gasteiger partial charge is 0.0831 e. The van der Waals surface area contributed by atoms with Crippen LogP contribution < -0.4 is 0 Å². The van der Waals surface area contributed by atoms with Gasteiger partial charge in [-0.1, -0.05) is 72.0 Å². The molecule has 0 spiro atoms. The van der Waals surface area contributed by atoms with Crippen molar-refractivity contribution in [1.29, 1.82) is 0 Å². The van der Waals surface area contributed by atoms with Crippen LogP contribution >= 0.6 is 24.0 Å². The van der Waals surface area contributed by atoms with Gasteiger partial charge in [-0.05, 0) is 54.8 Å². The molecule has 0 aliphatic rings. The maximum absolute atomic E-state index is 5.71. The summed E-state index contributed by atoms with van der Waals surface area (Å²) in [6.07, 6.45) is 0. The van der Waals surface area contributed by atoms with Gasteiger partial charge in [-0.3, -0.25) is 0 Å². The van der Waals surface area contributed by atoms with Crippen molar-refractivity contribution in [2.75, 3.05) is 0 Å². The van der Waals surface area contributed by atoms with E-state index in [1.54, 1.807) is 11.8 Å². The summed E-state index contributed by atoms with van der Waals surface area (Å²) in [4.78, 5) is 1.20. The van der Waals surface area contributed by atoms with Gasteiger partial charge in [0.25, 0.3) is 0 Å². The highest BCUT2D eigenvalue weighted by atomic mass is 32.2. The van der Waals surface area contributed by atoms with E-state index in [4.69, 9.17) is 12.2 Å². The van der Waals surface area contributed by atoms with E-state index in [1.165, 1.54) is 37.9 Å². The van der Waals surface area contributed by atoms with Crippen LogP contribution in [0.25, 0.3) is 10.8 Å². The van der Waals surface area contributed by atoms with Gasteiger partial charge < -0.3 is 0 Å². The molecule has 22 heavy (non-hydrogen) atoms. The molecule has 3 aromatic rings. The first kappa shape index (κ1) is 15.3. The van der Waals surface area contributed by atoms with E-state index >= 15 is 0 Å². The predicted molar refractivity (Wildman–Crippen MR) is 102 cm³/mol. The monoisotopic (exact) mass is 322 g/mol. The van der Waals surface area contributed by atoms with Crippen LogP contribution in [0.15, 0.2) is 59.5 Å². The van der Waals surface area contributed by atoms with Crippen LogP contribution in [-0.2, 0) is 0 Å². The number of rotatable bonds is 2. The summed E-state index contributed by atoms with van der Waals surface area (Å²) in [5.41, 5.74) is 5.02. The second-order valence-electron chi connectivity index (χ2n) is 5.67. The lowest BCUT2D eigenvalue weighted by atomic mass is 10.0. The van der Waals surface area contributed by atoms with Crippen molar-refractivity contribution >= 4 is 38.9 Å². The van der Waals surface area contributed by atoms with Crippen LogP contribution in [0.3, 0.4) is 0 Å². The van der Waals surface area contributed by atoms with E-state index in [0.29, 0.717) is 0 Å². The fourth-order valence-corrected chi connectivity index (χ4v) is 4.46. The third-order valence-corrected chi connectivity index (χ3v) is 5.15.